The number of carbonyl (C=O) groups excluding carboxylic acids is 1. The predicted molar refractivity (Wildman–Crippen MR) is 65.4 cm³/mol. The standard InChI is InChI=1S/C13H14ClF2NO/c14-12(10-7-8(15)5-6-11(10)16)13(18)17-9-3-1-2-4-9/h5-7,9,12H,1-4H2,(H,17,18). The normalized spacial score (nSPS) is 17.7. The molecule has 0 heterocycles. The first-order valence-corrected chi connectivity index (χ1v) is 6.41. The van der Waals surface area contributed by atoms with E-state index in [4.69, 9.17) is 11.6 Å². The van der Waals surface area contributed by atoms with Crippen LogP contribution in [0.1, 0.15) is 36.6 Å². The Kier molecular flexibility index (Phi) is 4.17. The second-order valence-electron chi connectivity index (χ2n) is 4.52. The highest BCUT2D eigenvalue weighted by molar-refractivity contribution is 6.30. The summed E-state index contributed by atoms with van der Waals surface area (Å²) in [6, 6.07) is 3.04. The molecule has 1 N–H and O–H groups in total. The molecule has 1 aliphatic carbocycles. The molecular formula is C13H14ClF2NO. The van der Waals surface area contributed by atoms with Gasteiger partial charge in [-0.3, -0.25) is 4.79 Å². The molecule has 1 atom stereocenters. The summed E-state index contributed by atoms with van der Waals surface area (Å²) in [5, 5.41) is 1.57. The van der Waals surface area contributed by atoms with Gasteiger partial charge in [0.15, 0.2) is 0 Å². The van der Waals surface area contributed by atoms with Gasteiger partial charge in [-0.05, 0) is 31.0 Å². The van der Waals surface area contributed by atoms with E-state index in [-0.39, 0.29) is 11.6 Å². The minimum absolute atomic E-state index is 0.107. The van der Waals surface area contributed by atoms with Crippen molar-refractivity contribution in [3.05, 3.63) is 35.4 Å². The fourth-order valence-electron chi connectivity index (χ4n) is 2.19. The monoisotopic (exact) mass is 273 g/mol. The van der Waals surface area contributed by atoms with Crippen molar-refractivity contribution in [2.24, 2.45) is 0 Å². The number of nitrogens with one attached hydrogen (secondary N) is 1. The van der Waals surface area contributed by atoms with E-state index < -0.39 is 22.9 Å². The average Bonchev–Trinajstić information content (AvgIpc) is 2.84. The van der Waals surface area contributed by atoms with Crippen molar-refractivity contribution < 1.29 is 13.6 Å². The van der Waals surface area contributed by atoms with Crippen LogP contribution in [-0.2, 0) is 4.79 Å². The molecule has 1 aromatic rings. The zero-order valence-electron chi connectivity index (χ0n) is 9.76. The van der Waals surface area contributed by atoms with Crippen LogP contribution < -0.4 is 5.32 Å². The molecule has 0 aliphatic heterocycles. The van der Waals surface area contributed by atoms with Crippen LogP contribution in [0, 0.1) is 11.6 Å². The van der Waals surface area contributed by atoms with Crippen LogP contribution in [0.3, 0.4) is 0 Å². The van der Waals surface area contributed by atoms with Gasteiger partial charge < -0.3 is 5.32 Å². The van der Waals surface area contributed by atoms with E-state index >= 15 is 0 Å². The number of rotatable bonds is 3. The molecule has 2 nitrogen and oxygen atoms in total. The Morgan fingerprint density at radius 1 is 1.33 bits per heavy atom. The maximum atomic E-state index is 13.5. The van der Waals surface area contributed by atoms with Crippen molar-refractivity contribution in [1.82, 2.24) is 5.32 Å². The van der Waals surface area contributed by atoms with E-state index in [9.17, 15) is 13.6 Å². The van der Waals surface area contributed by atoms with E-state index in [2.05, 4.69) is 5.32 Å². The highest BCUT2D eigenvalue weighted by atomic mass is 35.5. The fraction of sp³-hybridized carbons (Fsp3) is 0.462. The molecule has 0 radical (unpaired) electrons. The van der Waals surface area contributed by atoms with Crippen LogP contribution in [-0.4, -0.2) is 11.9 Å². The lowest BCUT2D eigenvalue weighted by Crippen LogP contribution is -2.35. The maximum absolute atomic E-state index is 13.5. The van der Waals surface area contributed by atoms with E-state index in [1.165, 1.54) is 0 Å². The van der Waals surface area contributed by atoms with Gasteiger partial charge in [-0.15, -0.1) is 11.6 Å². The number of hydrogen-bond acceptors (Lipinski definition) is 1. The molecule has 2 rings (SSSR count). The van der Waals surface area contributed by atoms with Crippen molar-refractivity contribution in [3.8, 4) is 0 Å². The average molecular weight is 274 g/mol. The Labute approximate surface area is 109 Å². The van der Waals surface area contributed by atoms with E-state index in [0.717, 1.165) is 43.9 Å². The minimum Gasteiger partial charge on any atom is -0.352 e. The first kappa shape index (κ1) is 13.3. The first-order chi connectivity index (χ1) is 8.58. The summed E-state index contributed by atoms with van der Waals surface area (Å²) < 4.78 is 26.5. The number of carbonyl (C=O) groups is 1. The van der Waals surface area contributed by atoms with Gasteiger partial charge in [0.25, 0.3) is 0 Å². The lowest BCUT2D eigenvalue weighted by atomic mass is 10.1. The lowest BCUT2D eigenvalue weighted by Gasteiger charge is -2.16. The zero-order chi connectivity index (χ0) is 13.1. The van der Waals surface area contributed by atoms with Crippen LogP contribution in [0.4, 0.5) is 8.78 Å². The van der Waals surface area contributed by atoms with Crippen LogP contribution in [0.5, 0.6) is 0 Å². The summed E-state index contributed by atoms with van der Waals surface area (Å²) in [4.78, 5) is 11.8. The Balaban J connectivity index is 2.07. The smallest absolute Gasteiger partial charge is 0.242 e. The second-order valence-corrected chi connectivity index (χ2v) is 4.95. The van der Waals surface area contributed by atoms with Gasteiger partial charge in [-0.25, -0.2) is 8.78 Å². The third-order valence-electron chi connectivity index (χ3n) is 3.16. The van der Waals surface area contributed by atoms with Gasteiger partial charge in [-0.2, -0.15) is 0 Å². The topological polar surface area (TPSA) is 29.1 Å². The van der Waals surface area contributed by atoms with Crippen molar-refractivity contribution >= 4 is 17.5 Å². The summed E-state index contributed by atoms with van der Waals surface area (Å²) >= 11 is 5.89. The van der Waals surface area contributed by atoms with E-state index in [0.29, 0.717) is 0 Å². The van der Waals surface area contributed by atoms with Gasteiger partial charge in [0.2, 0.25) is 5.91 Å². The lowest BCUT2D eigenvalue weighted by molar-refractivity contribution is -0.121. The minimum atomic E-state index is -1.19. The van der Waals surface area contributed by atoms with Gasteiger partial charge >= 0.3 is 0 Å². The molecule has 0 bridgehead atoms. The number of amides is 1. The quantitative estimate of drug-likeness (QED) is 0.841. The molecule has 1 fully saturated rings. The largest absolute Gasteiger partial charge is 0.352 e. The van der Waals surface area contributed by atoms with Gasteiger partial charge in [-0.1, -0.05) is 12.8 Å². The van der Waals surface area contributed by atoms with Crippen LogP contribution in [0.15, 0.2) is 18.2 Å². The van der Waals surface area contributed by atoms with Crippen molar-refractivity contribution in [3.63, 3.8) is 0 Å². The molecule has 1 aliphatic rings. The maximum Gasteiger partial charge on any atom is 0.242 e. The summed E-state index contributed by atoms with van der Waals surface area (Å²) in [6.45, 7) is 0. The Bertz CT molecular complexity index is 447. The Morgan fingerprint density at radius 2 is 2.00 bits per heavy atom. The number of benzene rings is 1. The predicted octanol–water partition coefficient (Wildman–Crippen LogP) is 3.30. The van der Waals surface area contributed by atoms with Crippen LogP contribution in [0.2, 0.25) is 0 Å². The Hall–Kier alpha value is -1.16. The molecule has 0 spiro atoms. The van der Waals surface area contributed by atoms with Gasteiger partial charge in [0, 0.05) is 11.6 Å². The molecule has 98 valence electrons. The second kappa shape index (κ2) is 5.65. The van der Waals surface area contributed by atoms with Crippen LogP contribution >= 0.6 is 11.6 Å². The molecule has 1 amide bonds. The van der Waals surface area contributed by atoms with Crippen molar-refractivity contribution in [1.29, 1.82) is 0 Å². The highest BCUT2D eigenvalue weighted by Gasteiger charge is 2.25. The van der Waals surface area contributed by atoms with Crippen LogP contribution in [0.25, 0.3) is 0 Å². The Morgan fingerprint density at radius 3 is 2.67 bits per heavy atom. The molecule has 5 heteroatoms. The zero-order valence-corrected chi connectivity index (χ0v) is 10.5. The van der Waals surface area contributed by atoms with E-state index in [1.54, 1.807) is 0 Å². The van der Waals surface area contributed by atoms with Gasteiger partial charge in [0.1, 0.15) is 17.0 Å². The van der Waals surface area contributed by atoms with E-state index in [1.807, 2.05) is 0 Å². The number of halogens is 3. The molecule has 0 aromatic heterocycles. The first-order valence-electron chi connectivity index (χ1n) is 5.97. The highest BCUT2D eigenvalue weighted by Crippen LogP contribution is 2.26. The molecule has 0 saturated heterocycles. The SMILES string of the molecule is O=C(NC1CCCC1)C(Cl)c1cc(F)ccc1F. The third-order valence-corrected chi connectivity index (χ3v) is 3.60. The summed E-state index contributed by atoms with van der Waals surface area (Å²) in [7, 11) is 0. The molecular weight excluding hydrogens is 260 g/mol. The fourth-order valence-corrected chi connectivity index (χ4v) is 2.42. The third kappa shape index (κ3) is 2.99. The van der Waals surface area contributed by atoms with Crippen molar-refractivity contribution in [2.45, 2.75) is 37.1 Å². The summed E-state index contributed by atoms with van der Waals surface area (Å²) in [5.74, 6) is -1.74. The van der Waals surface area contributed by atoms with Crippen molar-refractivity contribution in [2.75, 3.05) is 0 Å². The summed E-state index contributed by atoms with van der Waals surface area (Å²) in [6.07, 6.45) is 3.99. The number of hydrogen-bond donors (Lipinski definition) is 1. The van der Waals surface area contributed by atoms with Gasteiger partial charge in [0.05, 0.1) is 0 Å². The summed E-state index contributed by atoms with van der Waals surface area (Å²) in [5.41, 5.74) is -0.118. The number of alkyl halides is 1. The molecule has 18 heavy (non-hydrogen) atoms. The molecule has 1 saturated carbocycles. The molecule has 1 unspecified atom stereocenters. The molecule has 1 aromatic carbocycles.